The number of aromatic amines is 1. The van der Waals surface area contributed by atoms with Crippen molar-refractivity contribution in [1.82, 2.24) is 14.9 Å². The van der Waals surface area contributed by atoms with Crippen LogP contribution in [0.15, 0.2) is 42.7 Å². The summed E-state index contributed by atoms with van der Waals surface area (Å²) >= 11 is 0. The third kappa shape index (κ3) is 3.48. The van der Waals surface area contributed by atoms with Gasteiger partial charge in [0.25, 0.3) is 0 Å². The molecule has 3 heterocycles. The molecule has 4 rings (SSSR count). The van der Waals surface area contributed by atoms with E-state index in [0.29, 0.717) is 43.3 Å². The third-order valence-electron chi connectivity index (χ3n) is 5.34. The lowest BCUT2D eigenvalue weighted by Crippen LogP contribution is -2.49. The third-order valence-corrected chi connectivity index (χ3v) is 5.34. The summed E-state index contributed by atoms with van der Waals surface area (Å²) in [7, 11) is 1.59. The number of aliphatic carboxylic acids is 1. The molecular weight excluding hydrogens is 370 g/mol. The molecule has 0 bridgehead atoms. The molecule has 1 aromatic carbocycles. The highest BCUT2D eigenvalue weighted by atomic mass is 16.5. The number of pyridine rings is 1. The second-order valence-corrected chi connectivity index (χ2v) is 6.91. The van der Waals surface area contributed by atoms with Gasteiger partial charge in [0.1, 0.15) is 23.7 Å². The molecule has 0 unspecified atom stereocenters. The molecule has 2 aromatic heterocycles. The van der Waals surface area contributed by atoms with Crippen LogP contribution < -0.4 is 9.64 Å². The lowest BCUT2D eigenvalue weighted by atomic mass is 10.0. The first-order valence-electron chi connectivity index (χ1n) is 9.34. The number of rotatable bonds is 5. The van der Waals surface area contributed by atoms with Gasteiger partial charge in [-0.1, -0.05) is 0 Å². The van der Waals surface area contributed by atoms with Crippen molar-refractivity contribution in [2.75, 3.05) is 38.2 Å². The Labute approximate surface area is 167 Å². The van der Waals surface area contributed by atoms with E-state index in [1.54, 1.807) is 31.6 Å². The summed E-state index contributed by atoms with van der Waals surface area (Å²) in [5, 5.41) is 20.1. The van der Waals surface area contributed by atoms with E-state index < -0.39 is 12.0 Å². The Morgan fingerprint density at radius 1 is 1.31 bits per heavy atom. The van der Waals surface area contributed by atoms with E-state index in [0.717, 1.165) is 16.5 Å². The predicted molar refractivity (Wildman–Crippen MR) is 108 cm³/mol. The number of ether oxygens (including phenoxy) is 1. The Bertz CT molecular complexity index is 1080. The summed E-state index contributed by atoms with van der Waals surface area (Å²) in [5.74, 6) is 0.447. The van der Waals surface area contributed by atoms with Gasteiger partial charge in [0.15, 0.2) is 0 Å². The molecule has 29 heavy (non-hydrogen) atoms. The Morgan fingerprint density at radius 2 is 2.10 bits per heavy atom. The quantitative estimate of drug-likeness (QED) is 0.688. The van der Waals surface area contributed by atoms with Crippen molar-refractivity contribution in [3.63, 3.8) is 0 Å². The fourth-order valence-corrected chi connectivity index (χ4v) is 3.89. The van der Waals surface area contributed by atoms with Gasteiger partial charge in [-0.25, -0.2) is 4.98 Å². The van der Waals surface area contributed by atoms with Crippen molar-refractivity contribution in [1.29, 1.82) is 5.26 Å². The summed E-state index contributed by atoms with van der Waals surface area (Å²) < 4.78 is 5.30. The Balaban J connectivity index is 1.59. The van der Waals surface area contributed by atoms with Crippen LogP contribution in [0.25, 0.3) is 10.9 Å². The number of nitrogens with one attached hydrogen (secondary N) is 1. The lowest BCUT2D eigenvalue weighted by Gasteiger charge is -2.38. The summed E-state index contributed by atoms with van der Waals surface area (Å²) in [5.41, 5.74) is 2.12. The monoisotopic (exact) mass is 391 g/mol. The molecule has 8 nitrogen and oxygen atoms in total. The van der Waals surface area contributed by atoms with Gasteiger partial charge in [-0.3, -0.25) is 9.69 Å². The van der Waals surface area contributed by atoms with Crippen LogP contribution >= 0.6 is 0 Å². The molecular formula is C21H21N5O3. The number of hydrogen-bond acceptors (Lipinski definition) is 6. The summed E-state index contributed by atoms with van der Waals surface area (Å²) in [6.07, 6.45) is 3.43. The van der Waals surface area contributed by atoms with Crippen LogP contribution in [-0.4, -0.2) is 59.2 Å². The topological polar surface area (TPSA) is 105 Å². The van der Waals surface area contributed by atoms with Crippen LogP contribution in [0.2, 0.25) is 0 Å². The minimum absolute atomic E-state index is 0.527. The van der Waals surface area contributed by atoms with E-state index in [1.807, 2.05) is 28.0 Å². The van der Waals surface area contributed by atoms with E-state index in [1.165, 1.54) is 0 Å². The molecule has 0 amide bonds. The number of fused-ring (bicyclic) bond motifs is 1. The fraction of sp³-hybridized carbons (Fsp3) is 0.286. The number of benzene rings is 1. The molecule has 2 N–H and O–H groups in total. The van der Waals surface area contributed by atoms with Crippen molar-refractivity contribution in [2.45, 2.75) is 6.04 Å². The predicted octanol–water partition coefficient (Wildman–Crippen LogP) is 2.39. The first-order chi connectivity index (χ1) is 14.1. The SMILES string of the molecule is COc1ccc2[nH]cc([C@@H](C(=O)O)N3CCN(c4ncccc4C#N)CC3)c2c1. The number of aromatic nitrogens is 2. The zero-order valence-corrected chi connectivity index (χ0v) is 16.0. The highest BCUT2D eigenvalue weighted by molar-refractivity contribution is 5.90. The fourth-order valence-electron chi connectivity index (χ4n) is 3.89. The smallest absolute Gasteiger partial charge is 0.325 e. The van der Waals surface area contributed by atoms with E-state index >= 15 is 0 Å². The van der Waals surface area contributed by atoms with E-state index in [2.05, 4.69) is 16.0 Å². The summed E-state index contributed by atoms with van der Waals surface area (Å²) in [6, 6.07) is 10.5. The number of anilines is 1. The van der Waals surface area contributed by atoms with Crippen LogP contribution in [0.4, 0.5) is 5.82 Å². The van der Waals surface area contributed by atoms with Crippen molar-refractivity contribution < 1.29 is 14.6 Å². The molecule has 1 atom stereocenters. The second-order valence-electron chi connectivity index (χ2n) is 6.91. The molecule has 1 aliphatic rings. The van der Waals surface area contributed by atoms with Gasteiger partial charge in [-0.05, 0) is 30.3 Å². The minimum Gasteiger partial charge on any atom is -0.497 e. The number of carbonyl (C=O) groups is 1. The maximum Gasteiger partial charge on any atom is 0.325 e. The Kier molecular flexibility index (Phi) is 5.06. The number of piperazine rings is 1. The van der Waals surface area contributed by atoms with Gasteiger partial charge in [-0.15, -0.1) is 0 Å². The number of nitrogens with zero attached hydrogens (tertiary/aromatic N) is 4. The van der Waals surface area contributed by atoms with Crippen molar-refractivity contribution in [3.05, 3.63) is 53.9 Å². The molecule has 148 valence electrons. The highest BCUT2D eigenvalue weighted by Gasteiger charge is 2.32. The van der Waals surface area contributed by atoms with Crippen LogP contribution in [0.3, 0.4) is 0 Å². The molecule has 3 aromatic rings. The number of methoxy groups -OCH3 is 1. The molecule has 1 aliphatic heterocycles. The zero-order chi connectivity index (χ0) is 20.4. The van der Waals surface area contributed by atoms with Crippen LogP contribution in [0, 0.1) is 11.3 Å². The normalized spacial score (nSPS) is 15.8. The maximum atomic E-state index is 12.2. The molecule has 8 heteroatoms. The molecule has 1 saturated heterocycles. The minimum atomic E-state index is -0.891. The van der Waals surface area contributed by atoms with E-state index in [-0.39, 0.29) is 0 Å². The van der Waals surface area contributed by atoms with Crippen LogP contribution in [-0.2, 0) is 4.79 Å². The van der Waals surface area contributed by atoms with Gasteiger partial charge in [0.2, 0.25) is 0 Å². The van der Waals surface area contributed by atoms with E-state index in [9.17, 15) is 15.2 Å². The van der Waals surface area contributed by atoms with E-state index in [4.69, 9.17) is 4.74 Å². The first-order valence-corrected chi connectivity index (χ1v) is 9.34. The van der Waals surface area contributed by atoms with Gasteiger partial charge in [0.05, 0.1) is 12.7 Å². The number of nitriles is 1. The van der Waals surface area contributed by atoms with Crippen molar-refractivity contribution in [2.24, 2.45) is 0 Å². The highest BCUT2D eigenvalue weighted by Crippen LogP contribution is 2.32. The van der Waals surface area contributed by atoms with Crippen molar-refractivity contribution >= 4 is 22.7 Å². The molecule has 0 aliphatic carbocycles. The molecule has 0 saturated carbocycles. The first kappa shape index (κ1) is 18.8. The molecule has 1 fully saturated rings. The second kappa shape index (κ2) is 7.81. The molecule has 0 radical (unpaired) electrons. The van der Waals surface area contributed by atoms with Crippen LogP contribution in [0.5, 0.6) is 5.75 Å². The number of hydrogen-bond donors (Lipinski definition) is 2. The maximum absolute atomic E-state index is 12.2. The van der Waals surface area contributed by atoms with Gasteiger partial charge in [-0.2, -0.15) is 5.26 Å². The standard InChI is InChI=1S/C21H21N5O3/c1-29-15-4-5-18-16(11-15)17(13-24-18)19(21(27)28)25-7-9-26(10-8-25)20-14(12-22)3-2-6-23-20/h2-6,11,13,19,24H,7-10H2,1H3,(H,27,28)/t19-/m0/s1. The molecule has 0 spiro atoms. The lowest BCUT2D eigenvalue weighted by molar-refractivity contribution is -0.143. The summed E-state index contributed by atoms with van der Waals surface area (Å²) in [4.78, 5) is 23.7. The average Bonchev–Trinajstić information content (AvgIpc) is 3.17. The van der Waals surface area contributed by atoms with Gasteiger partial charge < -0.3 is 19.7 Å². The summed E-state index contributed by atoms with van der Waals surface area (Å²) in [6.45, 7) is 2.30. The van der Waals surface area contributed by atoms with Crippen molar-refractivity contribution in [3.8, 4) is 11.8 Å². The Morgan fingerprint density at radius 3 is 2.79 bits per heavy atom. The average molecular weight is 391 g/mol. The Hall–Kier alpha value is -3.57. The van der Waals surface area contributed by atoms with Gasteiger partial charge in [0, 0.05) is 55.0 Å². The number of carboxylic acids is 1. The number of carboxylic acid groups (broad SMARTS) is 1. The zero-order valence-electron chi connectivity index (χ0n) is 16.0. The largest absolute Gasteiger partial charge is 0.497 e. The number of H-pyrrole nitrogens is 1. The van der Waals surface area contributed by atoms with Gasteiger partial charge >= 0.3 is 5.97 Å². The van der Waals surface area contributed by atoms with Crippen LogP contribution in [0.1, 0.15) is 17.2 Å².